The SMILES string of the molecule is CCCCCCCCCCCC[N+](C)(C)Cl.[Cl-]. The van der Waals surface area contributed by atoms with Gasteiger partial charge in [-0.15, -0.1) is 0 Å². The van der Waals surface area contributed by atoms with Gasteiger partial charge in [0.1, 0.15) is 0 Å². The minimum atomic E-state index is 0. The molecule has 0 aromatic carbocycles. The highest BCUT2D eigenvalue weighted by atomic mass is 35.5. The van der Waals surface area contributed by atoms with Crippen molar-refractivity contribution in [3.63, 3.8) is 0 Å². The van der Waals surface area contributed by atoms with Crippen LogP contribution in [0.25, 0.3) is 0 Å². The van der Waals surface area contributed by atoms with Crippen molar-refractivity contribution in [2.75, 3.05) is 20.6 Å². The summed E-state index contributed by atoms with van der Waals surface area (Å²) in [4.78, 5) is 0. The standard InChI is InChI=1S/C14H31ClN.ClH/c1-4-5-6-7-8-9-10-11-12-13-14-16(2,3)15;/h4-14H2,1-3H3;1H/q+1;/p-1. The van der Waals surface area contributed by atoms with Gasteiger partial charge in [0, 0.05) is 0 Å². The van der Waals surface area contributed by atoms with E-state index in [0.717, 1.165) is 6.54 Å². The molecule has 0 unspecified atom stereocenters. The van der Waals surface area contributed by atoms with Crippen molar-refractivity contribution in [1.82, 2.24) is 0 Å². The van der Waals surface area contributed by atoms with Crippen LogP contribution < -0.4 is 12.4 Å². The number of quaternary nitrogens is 1. The van der Waals surface area contributed by atoms with E-state index < -0.39 is 0 Å². The maximum atomic E-state index is 6.08. The Morgan fingerprint density at radius 3 is 1.41 bits per heavy atom. The van der Waals surface area contributed by atoms with Crippen LogP contribution in [0.5, 0.6) is 0 Å². The van der Waals surface area contributed by atoms with Crippen molar-refractivity contribution in [2.24, 2.45) is 0 Å². The predicted molar refractivity (Wildman–Crippen MR) is 74.7 cm³/mol. The topological polar surface area (TPSA) is 0 Å². The lowest BCUT2D eigenvalue weighted by atomic mass is 10.1. The first-order valence-electron chi connectivity index (χ1n) is 7.09. The van der Waals surface area contributed by atoms with E-state index in [2.05, 4.69) is 21.0 Å². The van der Waals surface area contributed by atoms with Gasteiger partial charge in [-0.25, -0.2) is 4.00 Å². The maximum Gasteiger partial charge on any atom is 0.164 e. The fourth-order valence-corrected chi connectivity index (χ4v) is 2.09. The minimum Gasteiger partial charge on any atom is -1.00 e. The van der Waals surface area contributed by atoms with Crippen LogP contribution in [-0.2, 0) is 0 Å². The Balaban J connectivity index is 0. The van der Waals surface area contributed by atoms with Gasteiger partial charge in [-0.1, -0.05) is 58.3 Å². The van der Waals surface area contributed by atoms with Crippen molar-refractivity contribution in [3.05, 3.63) is 0 Å². The van der Waals surface area contributed by atoms with Crippen LogP contribution in [0, 0.1) is 0 Å². The molecule has 0 rings (SSSR count). The first kappa shape index (κ1) is 19.9. The maximum absolute atomic E-state index is 6.08. The van der Waals surface area contributed by atoms with Crippen LogP contribution in [0.2, 0.25) is 0 Å². The molecule has 0 amide bonds. The molecular formula is C14H31Cl2N. The zero-order valence-corrected chi connectivity index (χ0v) is 13.5. The second-order valence-electron chi connectivity index (χ2n) is 5.44. The molecule has 0 radical (unpaired) electrons. The zero-order chi connectivity index (χ0) is 12.3. The van der Waals surface area contributed by atoms with E-state index in [1.54, 1.807) is 0 Å². The summed E-state index contributed by atoms with van der Waals surface area (Å²) in [7, 11) is 4.10. The summed E-state index contributed by atoms with van der Waals surface area (Å²) in [5, 5.41) is 0. The van der Waals surface area contributed by atoms with E-state index in [4.69, 9.17) is 11.8 Å². The molecule has 0 aliphatic heterocycles. The highest BCUT2D eigenvalue weighted by Crippen LogP contribution is 2.12. The second-order valence-corrected chi connectivity index (χ2v) is 6.36. The summed E-state index contributed by atoms with van der Waals surface area (Å²) in [6.07, 6.45) is 14.0. The third kappa shape index (κ3) is 19.1. The lowest BCUT2D eigenvalue weighted by Gasteiger charge is -2.17. The van der Waals surface area contributed by atoms with Crippen LogP contribution in [0.15, 0.2) is 0 Å². The molecule has 0 saturated heterocycles. The van der Waals surface area contributed by atoms with Gasteiger partial charge in [0.2, 0.25) is 0 Å². The zero-order valence-electron chi connectivity index (χ0n) is 12.0. The van der Waals surface area contributed by atoms with Gasteiger partial charge in [-0.3, -0.25) is 0 Å². The average Bonchev–Trinajstić information content (AvgIpc) is 2.19. The van der Waals surface area contributed by atoms with E-state index in [-0.39, 0.29) is 12.4 Å². The van der Waals surface area contributed by atoms with Gasteiger partial charge in [0.25, 0.3) is 0 Å². The molecular weight excluding hydrogens is 253 g/mol. The molecule has 3 heteroatoms. The van der Waals surface area contributed by atoms with Crippen LogP contribution in [0.4, 0.5) is 0 Å². The van der Waals surface area contributed by atoms with E-state index in [9.17, 15) is 0 Å². The predicted octanol–water partition coefficient (Wildman–Crippen LogP) is 2.14. The first-order chi connectivity index (χ1) is 7.56. The molecule has 0 aliphatic carbocycles. The highest BCUT2D eigenvalue weighted by Gasteiger charge is 2.09. The highest BCUT2D eigenvalue weighted by molar-refractivity contribution is 6.06. The monoisotopic (exact) mass is 283 g/mol. The van der Waals surface area contributed by atoms with E-state index in [0.29, 0.717) is 4.00 Å². The van der Waals surface area contributed by atoms with Crippen LogP contribution >= 0.6 is 11.8 Å². The molecule has 0 aromatic heterocycles. The summed E-state index contributed by atoms with van der Waals surface area (Å²) in [6, 6.07) is 0. The quantitative estimate of drug-likeness (QED) is 0.403. The van der Waals surface area contributed by atoms with Crippen molar-refractivity contribution in [1.29, 1.82) is 0 Å². The Bertz CT molecular complexity index is 144. The van der Waals surface area contributed by atoms with Gasteiger partial charge in [0.15, 0.2) is 11.8 Å². The third-order valence-electron chi connectivity index (χ3n) is 3.04. The molecule has 1 nitrogen and oxygen atoms in total. The van der Waals surface area contributed by atoms with Crippen molar-refractivity contribution < 1.29 is 16.4 Å². The molecule has 0 N–H and O–H groups in total. The van der Waals surface area contributed by atoms with Crippen molar-refractivity contribution in [3.8, 4) is 0 Å². The number of rotatable bonds is 11. The molecule has 0 saturated carbocycles. The first-order valence-corrected chi connectivity index (χ1v) is 7.42. The smallest absolute Gasteiger partial charge is 0.164 e. The summed E-state index contributed by atoms with van der Waals surface area (Å²) >= 11 is 6.08. The number of hydrogen-bond acceptors (Lipinski definition) is 0. The number of halogens is 2. The Labute approximate surface area is 120 Å². The van der Waals surface area contributed by atoms with Gasteiger partial charge in [-0.2, -0.15) is 0 Å². The molecule has 106 valence electrons. The average molecular weight is 284 g/mol. The normalized spacial score (nSPS) is 11.3. The Kier molecular flexibility index (Phi) is 15.2. The minimum absolute atomic E-state index is 0. The number of nitrogens with zero attached hydrogens (tertiary/aromatic N) is 1. The Morgan fingerprint density at radius 2 is 1.06 bits per heavy atom. The fraction of sp³-hybridized carbons (Fsp3) is 1.00. The fourth-order valence-electron chi connectivity index (χ4n) is 1.98. The van der Waals surface area contributed by atoms with Crippen LogP contribution in [0.1, 0.15) is 71.1 Å². The van der Waals surface area contributed by atoms with E-state index in [1.807, 2.05) is 0 Å². The third-order valence-corrected chi connectivity index (χ3v) is 3.21. The number of unbranched alkanes of at least 4 members (excludes halogenated alkanes) is 9. The molecule has 0 fully saturated rings. The molecule has 0 aromatic rings. The Morgan fingerprint density at radius 1 is 0.706 bits per heavy atom. The van der Waals surface area contributed by atoms with Gasteiger partial charge < -0.3 is 12.4 Å². The lowest BCUT2D eigenvalue weighted by molar-refractivity contribution is -0.771. The molecule has 0 atom stereocenters. The van der Waals surface area contributed by atoms with Crippen LogP contribution in [0.3, 0.4) is 0 Å². The molecule has 0 aliphatic rings. The summed E-state index contributed by atoms with van der Waals surface area (Å²) in [5.41, 5.74) is 0. The summed E-state index contributed by atoms with van der Waals surface area (Å²) in [6.45, 7) is 3.37. The number of hydrogen-bond donors (Lipinski definition) is 0. The second kappa shape index (κ2) is 13.0. The summed E-state index contributed by atoms with van der Waals surface area (Å²) < 4.78 is 0.594. The van der Waals surface area contributed by atoms with Crippen molar-refractivity contribution >= 4 is 11.8 Å². The largest absolute Gasteiger partial charge is 1.00 e. The molecule has 0 bridgehead atoms. The van der Waals surface area contributed by atoms with E-state index in [1.165, 1.54) is 64.2 Å². The lowest BCUT2D eigenvalue weighted by Crippen LogP contribution is -3.00. The van der Waals surface area contributed by atoms with E-state index >= 15 is 0 Å². The van der Waals surface area contributed by atoms with Gasteiger partial charge >= 0.3 is 0 Å². The summed E-state index contributed by atoms with van der Waals surface area (Å²) in [5.74, 6) is 0. The Hall–Kier alpha value is 0.540. The van der Waals surface area contributed by atoms with Gasteiger partial charge in [-0.05, 0) is 12.8 Å². The van der Waals surface area contributed by atoms with Crippen LogP contribution in [-0.4, -0.2) is 24.6 Å². The molecule has 0 spiro atoms. The molecule has 17 heavy (non-hydrogen) atoms. The van der Waals surface area contributed by atoms with Gasteiger partial charge in [0.05, 0.1) is 20.6 Å². The molecule has 0 heterocycles. The van der Waals surface area contributed by atoms with Crippen molar-refractivity contribution in [2.45, 2.75) is 71.1 Å².